The molecule has 2 saturated heterocycles. The summed E-state index contributed by atoms with van der Waals surface area (Å²) < 4.78 is 52.0. The van der Waals surface area contributed by atoms with E-state index in [2.05, 4.69) is 0 Å². The first kappa shape index (κ1) is 19.1. The van der Waals surface area contributed by atoms with Crippen molar-refractivity contribution in [3.8, 4) is 0 Å². The van der Waals surface area contributed by atoms with Crippen LogP contribution in [0.5, 0.6) is 0 Å². The highest BCUT2D eigenvalue weighted by molar-refractivity contribution is 5.77. The van der Waals surface area contributed by atoms with Crippen LogP contribution in [0.1, 0.15) is 11.1 Å². The number of likely N-dealkylation sites (tertiary alicyclic amines) is 2. The second-order valence-corrected chi connectivity index (χ2v) is 7.09. The molecule has 3 rings (SSSR count). The van der Waals surface area contributed by atoms with Gasteiger partial charge < -0.3 is 10.2 Å². The van der Waals surface area contributed by atoms with Gasteiger partial charge in [-0.3, -0.25) is 14.6 Å². The predicted octanol–water partition coefficient (Wildman–Crippen LogP) is 1.66. The summed E-state index contributed by atoms with van der Waals surface area (Å²) in [5, 5.41) is 18.8. The van der Waals surface area contributed by atoms with Crippen molar-refractivity contribution in [1.82, 2.24) is 9.80 Å². The van der Waals surface area contributed by atoms with E-state index in [-0.39, 0.29) is 31.2 Å². The maximum atomic E-state index is 14.1. The number of halogens is 4. The maximum Gasteiger partial charge on any atom is 0.416 e. The van der Waals surface area contributed by atoms with Crippen LogP contribution in [0.4, 0.5) is 17.6 Å². The number of rotatable bonds is 5. The Labute approximate surface area is 147 Å². The van der Waals surface area contributed by atoms with E-state index in [9.17, 15) is 27.5 Å². The van der Waals surface area contributed by atoms with Crippen LogP contribution < -0.4 is 0 Å². The molecule has 0 radical (unpaired) electrons. The van der Waals surface area contributed by atoms with E-state index >= 15 is 0 Å². The molecule has 0 unspecified atom stereocenters. The third-order valence-electron chi connectivity index (χ3n) is 5.37. The van der Waals surface area contributed by atoms with Crippen LogP contribution in [0.2, 0.25) is 0 Å². The molecule has 2 aliphatic rings. The predicted molar refractivity (Wildman–Crippen MR) is 83.8 cm³/mol. The van der Waals surface area contributed by atoms with Gasteiger partial charge in [-0.15, -0.1) is 0 Å². The molecule has 5 nitrogen and oxygen atoms in total. The van der Waals surface area contributed by atoms with Crippen molar-refractivity contribution >= 4 is 5.97 Å². The van der Waals surface area contributed by atoms with Crippen LogP contribution in [0.3, 0.4) is 0 Å². The van der Waals surface area contributed by atoms with Crippen LogP contribution in [0, 0.1) is 17.2 Å². The molecule has 0 spiro atoms. The molecule has 2 aliphatic heterocycles. The van der Waals surface area contributed by atoms with Gasteiger partial charge in [0.15, 0.2) is 0 Å². The number of benzene rings is 1. The van der Waals surface area contributed by atoms with Gasteiger partial charge in [0.1, 0.15) is 5.82 Å². The highest BCUT2D eigenvalue weighted by atomic mass is 19.4. The lowest BCUT2D eigenvalue weighted by Gasteiger charge is -2.25. The number of hydrogen-bond donors (Lipinski definition) is 2. The fourth-order valence-electron chi connectivity index (χ4n) is 4.10. The lowest BCUT2D eigenvalue weighted by atomic mass is 9.81. The van der Waals surface area contributed by atoms with Crippen molar-refractivity contribution in [1.29, 1.82) is 0 Å². The Balaban J connectivity index is 1.73. The molecule has 1 aromatic rings. The van der Waals surface area contributed by atoms with E-state index in [0.717, 1.165) is 12.1 Å². The first-order valence-corrected chi connectivity index (χ1v) is 8.30. The minimum absolute atomic E-state index is 0.0527. The number of aliphatic hydroxyl groups excluding tert-OH is 1. The van der Waals surface area contributed by atoms with Gasteiger partial charge in [0.25, 0.3) is 0 Å². The fourth-order valence-corrected chi connectivity index (χ4v) is 4.10. The highest BCUT2D eigenvalue weighted by Gasteiger charge is 2.57. The average molecular weight is 376 g/mol. The van der Waals surface area contributed by atoms with Crippen molar-refractivity contribution in [2.45, 2.75) is 12.7 Å². The molecule has 2 atom stereocenters. The van der Waals surface area contributed by atoms with E-state index in [1.54, 1.807) is 4.90 Å². The molecule has 2 heterocycles. The second kappa shape index (κ2) is 6.79. The number of β-amino-alcohol motifs (C(OH)–C–C–N with tert-alkyl or cyclic N) is 1. The van der Waals surface area contributed by atoms with E-state index < -0.39 is 28.9 Å². The molecule has 9 heteroatoms. The van der Waals surface area contributed by atoms with Crippen LogP contribution in [0.15, 0.2) is 18.2 Å². The zero-order valence-electron chi connectivity index (χ0n) is 14.0. The van der Waals surface area contributed by atoms with Gasteiger partial charge >= 0.3 is 12.1 Å². The van der Waals surface area contributed by atoms with Crippen LogP contribution in [-0.4, -0.2) is 65.3 Å². The minimum atomic E-state index is -4.60. The summed E-state index contributed by atoms with van der Waals surface area (Å²) in [6.45, 7) is 1.87. The number of alkyl halides is 3. The monoisotopic (exact) mass is 376 g/mol. The molecule has 144 valence electrons. The maximum absolute atomic E-state index is 14.1. The number of nitrogens with zero attached hydrogens (tertiary/aromatic N) is 2. The topological polar surface area (TPSA) is 64.0 Å². The molecule has 2 fully saturated rings. The largest absolute Gasteiger partial charge is 0.481 e. The SMILES string of the molecule is O=C(O)[C@@]12CN(CCO)C[C@@H]1CN(Cc1ccc(C(F)(F)F)cc1F)C2. The number of carboxylic acids is 1. The van der Waals surface area contributed by atoms with Gasteiger partial charge in [0, 0.05) is 50.7 Å². The fraction of sp³-hybridized carbons (Fsp3) is 0.588. The zero-order chi connectivity index (χ0) is 19.1. The number of carbonyl (C=O) groups is 1. The third-order valence-corrected chi connectivity index (χ3v) is 5.37. The van der Waals surface area contributed by atoms with Gasteiger partial charge in [0.05, 0.1) is 17.6 Å². The Morgan fingerprint density at radius 3 is 2.42 bits per heavy atom. The van der Waals surface area contributed by atoms with Gasteiger partial charge in [-0.1, -0.05) is 6.07 Å². The Bertz CT molecular complexity index is 697. The molecule has 0 aliphatic carbocycles. The average Bonchev–Trinajstić information content (AvgIpc) is 3.03. The smallest absolute Gasteiger partial charge is 0.416 e. The normalized spacial score (nSPS) is 27.0. The summed E-state index contributed by atoms with van der Waals surface area (Å²) in [7, 11) is 0. The lowest BCUT2D eigenvalue weighted by molar-refractivity contribution is -0.149. The highest BCUT2D eigenvalue weighted by Crippen LogP contribution is 2.43. The molecule has 0 aromatic heterocycles. The Kier molecular flexibility index (Phi) is 4.98. The summed E-state index contributed by atoms with van der Waals surface area (Å²) in [6.07, 6.45) is -4.60. The lowest BCUT2D eigenvalue weighted by Crippen LogP contribution is -2.41. The Morgan fingerprint density at radius 2 is 1.88 bits per heavy atom. The van der Waals surface area contributed by atoms with Gasteiger partial charge in [-0.25, -0.2) is 4.39 Å². The van der Waals surface area contributed by atoms with E-state index in [1.165, 1.54) is 0 Å². The second-order valence-electron chi connectivity index (χ2n) is 7.09. The number of hydrogen-bond acceptors (Lipinski definition) is 4. The molecule has 0 saturated carbocycles. The van der Waals surface area contributed by atoms with Gasteiger partial charge in [0.2, 0.25) is 0 Å². The molecule has 0 bridgehead atoms. The number of fused-ring (bicyclic) bond motifs is 1. The molecule has 2 N–H and O–H groups in total. The van der Waals surface area contributed by atoms with Crippen LogP contribution in [0.25, 0.3) is 0 Å². The minimum Gasteiger partial charge on any atom is -0.481 e. The quantitative estimate of drug-likeness (QED) is 0.766. The first-order valence-electron chi connectivity index (χ1n) is 8.30. The summed E-state index contributed by atoms with van der Waals surface area (Å²) in [4.78, 5) is 15.5. The molecular weight excluding hydrogens is 356 g/mol. The van der Waals surface area contributed by atoms with Crippen LogP contribution >= 0.6 is 0 Å². The zero-order valence-corrected chi connectivity index (χ0v) is 14.0. The number of aliphatic carboxylic acids is 1. The van der Waals surface area contributed by atoms with E-state index in [0.29, 0.717) is 32.2 Å². The molecule has 26 heavy (non-hydrogen) atoms. The Morgan fingerprint density at radius 1 is 1.23 bits per heavy atom. The molecule has 1 aromatic carbocycles. The van der Waals surface area contributed by atoms with Gasteiger partial charge in [-0.05, 0) is 12.1 Å². The van der Waals surface area contributed by atoms with Crippen LogP contribution in [-0.2, 0) is 17.5 Å². The van der Waals surface area contributed by atoms with Crippen molar-refractivity contribution in [2.75, 3.05) is 39.3 Å². The summed E-state index contributed by atoms with van der Waals surface area (Å²) >= 11 is 0. The van der Waals surface area contributed by atoms with E-state index in [1.807, 2.05) is 4.90 Å². The van der Waals surface area contributed by atoms with Crippen molar-refractivity contribution < 1.29 is 32.6 Å². The number of aliphatic hydroxyl groups is 1. The molecular formula is C17H20F4N2O3. The first-order chi connectivity index (χ1) is 12.2. The Hall–Kier alpha value is -1.71. The molecule has 0 amide bonds. The third kappa shape index (κ3) is 3.43. The van der Waals surface area contributed by atoms with Crippen molar-refractivity contribution in [3.05, 3.63) is 35.1 Å². The van der Waals surface area contributed by atoms with Gasteiger partial charge in [-0.2, -0.15) is 13.2 Å². The number of carboxylic acid groups (broad SMARTS) is 1. The van der Waals surface area contributed by atoms with E-state index in [4.69, 9.17) is 5.11 Å². The van der Waals surface area contributed by atoms with Crippen molar-refractivity contribution in [3.63, 3.8) is 0 Å². The summed E-state index contributed by atoms with van der Waals surface area (Å²) in [5.41, 5.74) is -1.91. The standard InChI is InChI=1S/C17H20F4N2O3/c18-14-5-12(17(19,20)21)2-1-11(14)6-23-8-13-7-22(3-4-24)9-16(13,10-23)15(25)26/h1-2,5,13,24H,3-4,6-10H2,(H,25,26)/t13-,16-/m1/s1. The van der Waals surface area contributed by atoms with Crippen molar-refractivity contribution in [2.24, 2.45) is 11.3 Å². The summed E-state index contributed by atoms with van der Waals surface area (Å²) in [6, 6.07) is 2.42. The summed E-state index contributed by atoms with van der Waals surface area (Å²) in [5.74, 6) is -2.04.